The van der Waals surface area contributed by atoms with Gasteiger partial charge in [0.15, 0.2) is 0 Å². The number of aryl methyl sites for hydroxylation is 1. The first kappa shape index (κ1) is 14.1. The Kier molecular flexibility index (Phi) is 4.61. The summed E-state index contributed by atoms with van der Waals surface area (Å²) in [7, 11) is 4.14. The van der Waals surface area contributed by atoms with Crippen molar-refractivity contribution < 1.29 is 0 Å². The van der Waals surface area contributed by atoms with E-state index in [2.05, 4.69) is 73.9 Å². The largest absolute Gasteiger partial charge is 0.378 e. The van der Waals surface area contributed by atoms with E-state index in [1.165, 1.54) is 21.7 Å². The summed E-state index contributed by atoms with van der Waals surface area (Å²) in [5, 5.41) is 5.75. The molecule has 1 heterocycles. The van der Waals surface area contributed by atoms with Gasteiger partial charge in [-0.3, -0.25) is 0 Å². The van der Waals surface area contributed by atoms with E-state index < -0.39 is 0 Å². The summed E-state index contributed by atoms with van der Waals surface area (Å²) in [4.78, 5) is 3.52. The molecular formula is C16H22N2S. The van der Waals surface area contributed by atoms with Crippen LogP contribution in [0, 0.1) is 6.92 Å². The Morgan fingerprint density at radius 1 is 1.16 bits per heavy atom. The Morgan fingerprint density at radius 2 is 1.84 bits per heavy atom. The van der Waals surface area contributed by atoms with E-state index >= 15 is 0 Å². The standard InChI is InChI=1S/C16H22N2S/c1-5-17-16(15-10-11-19-12(15)2)13-6-8-14(9-7-13)18(3)4/h6-11,16-17H,5H2,1-4H3. The molecule has 1 unspecified atom stereocenters. The van der Waals surface area contributed by atoms with Crippen molar-refractivity contribution in [1.29, 1.82) is 0 Å². The summed E-state index contributed by atoms with van der Waals surface area (Å²) in [6, 6.07) is 11.3. The first-order chi connectivity index (χ1) is 9.13. The lowest BCUT2D eigenvalue weighted by Gasteiger charge is -2.20. The lowest BCUT2D eigenvalue weighted by atomic mass is 9.99. The first-order valence-electron chi connectivity index (χ1n) is 6.68. The van der Waals surface area contributed by atoms with Crippen molar-refractivity contribution in [2.24, 2.45) is 0 Å². The molecule has 0 radical (unpaired) electrons. The van der Waals surface area contributed by atoms with Gasteiger partial charge in [-0.1, -0.05) is 19.1 Å². The topological polar surface area (TPSA) is 15.3 Å². The number of hydrogen-bond donors (Lipinski definition) is 1. The zero-order valence-corrected chi connectivity index (χ0v) is 12.9. The third-order valence-electron chi connectivity index (χ3n) is 3.36. The number of anilines is 1. The van der Waals surface area contributed by atoms with Crippen molar-refractivity contribution in [3.63, 3.8) is 0 Å². The molecule has 0 bridgehead atoms. The molecule has 3 heteroatoms. The maximum atomic E-state index is 3.58. The highest BCUT2D eigenvalue weighted by Gasteiger charge is 2.15. The van der Waals surface area contributed by atoms with Crippen LogP contribution in [0.5, 0.6) is 0 Å². The van der Waals surface area contributed by atoms with Crippen LogP contribution in [-0.2, 0) is 0 Å². The van der Waals surface area contributed by atoms with Crippen LogP contribution in [0.2, 0.25) is 0 Å². The molecule has 1 atom stereocenters. The van der Waals surface area contributed by atoms with E-state index in [-0.39, 0.29) is 0 Å². The van der Waals surface area contributed by atoms with Gasteiger partial charge in [-0.05, 0) is 48.2 Å². The number of nitrogens with one attached hydrogen (secondary N) is 1. The summed E-state index contributed by atoms with van der Waals surface area (Å²) in [6.45, 7) is 5.32. The molecule has 102 valence electrons. The quantitative estimate of drug-likeness (QED) is 0.891. The van der Waals surface area contributed by atoms with Gasteiger partial charge in [-0.2, -0.15) is 0 Å². The second-order valence-corrected chi connectivity index (χ2v) is 6.03. The minimum Gasteiger partial charge on any atom is -0.378 e. The Morgan fingerprint density at radius 3 is 2.32 bits per heavy atom. The number of thiophene rings is 1. The van der Waals surface area contributed by atoms with Crippen LogP contribution in [0.15, 0.2) is 35.7 Å². The lowest BCUT2D eigenvalue weighted by Crippen LogP contribution is -2.22. The van der Waals surface area contributed by atoms with E-state index in [1.54, 1.807) is 0 Å². The fraction of sp³-hybridized carbons (Fsp3) is 0.375. The molecule has 2 nitrogen and oxygen atoms in total. The van der Waals surface area contributed by atoms with Gasteiger partial charge in [0.25, 0.3) is 0 Å². The molecule has 19 heavy (non-hydrogen) atoms. The number of benzene rings is 1. The zero-order valence-electron chi connectivity index (χ0n) is 12.1. The molecule has 0 fully saturated rings. The fourth-order valence-electron chi connectivity index (χ4n) is 2.27. The maximum absolute atomic E-state index is 3.58. The van der Waals surface area contributed by atoms with Crippen molar-refractivity contribution in [3.05, 3.63) is 51.7 Å². The molecule has 0 spiro atoms. The molecule has 0 saturated heterocycles. The van der Waals surface area contributed by atoms with Crippen LogP contribution in [0.3, 0.4) is 0 Å². The Bertz CT molecular complexity index is 514. The molecule has 1 aromatic heterocycles. The summed E-state index contributed by atoms with van der Waals surface area (Å²) in [5.41, 5.74) is 3.96. The van der Waals surface area contributed by atoms with Gasteiger partial charge in [0.05, 0.1) is 6.04 Å². The van der Waals surface area contributed by atoms with Gasteiger partial charge in [-0.15, -0.1) is 11.3 Å². The summed E-state index contributed by atoms with van der Waals surface area (Å²) in [6.07, 6.45) is 0. The molecule has 0 amide bonds. The average molecular weight is 274 g/mol. The lowest BCUT2D eigenvalue weighted by molar-refractivity contribution is 0.630. The fourth-order valence-corrected chi connectivity index (χ4v) is 3.01. The van der Waals surface area contributed by atoms with Crippen molar-refractivity contribution in [2.45, 2.75) is 19.9 Å². The molecule has 1 aromatic carbocycles. The van der Waals surface area contributed by atoms with E-state index in [0.717, 1.165) is 6.54 Å². The van der Waals surface area contributed by atoms with E-state index in [9.17, 15) is 0 Å². The summed E-state index contributed by atoms with van der Waals surface area (Å²) < 4.78 is 0. The van der Waals surface area contributed by atoms with Gasteiger partial charge in [0.2, 0.25) is 0 Å². The highest BCUT2D eigenvalue weighted by molar-refractivity contribution is 7.10. The number of nitrogens with zero attached hydrogens (tertiary/aromatic N) is 1. The number of hydrogen-bond acceptors (Lipinski definition) is 3. The van der Waals surface area contributed by atoms with Gasteiger partial charge < -0.3 is 10.2 Å². The van der Waals surface area contributed by atoms with Crippen LogP contribution in [0.25, 0.3) is 0 Å². The smallest absolute Gasteiger partial charge is 0.0587 e. The maximum Gasteiger partial charge on any atom is 0.0587 e. The molecule has 0 aliphatic rings. The Hall–Kier alpha value is -1.32. The molecule has 0 saturated carbocycles. The highest BCUT2D eigenvalue weighted by Crippen LogP contribution is 2.29. The Labute approximate surface area is 120 Å². The van der Waals surface area contributed by atoms with E-state index in [1.807, 2.05) is 11.3 Å². The third-order valence-corrected chi connectivity index (χ3v) is 4.22. The molecule has 2 aromatic rings. The minimum absolute atomic E-state index is 0.299. The number of rotatable bonds is 5. The molecule has 0 aliphatic heterocycles. The molecule has 0 aliphatic carbocycles. The minimum atomic E-state index is 0.299. The predicted molar refractivity (Wildman–Crippen MR) is 85.3 cm³/mol. The van der Waals surface area contributed by atoms with Gasteiger partial charge in [-0.25, -0.2) is 0 Å². The normalized spacial score (nSPS) is 12.4. The molecular weight excluding hydrogens is 252 g/mol. The first-order valence-corrected chi connectivity index (χ1v) is 7.56. The summed E-state index contributed by atoms with van der Waals surface area (Å²) in [5.74, 6) is 0. The van der Waals surface area contributed by atoms with E-state index in [4.69, 9.17) is 0 Å². The van der Waals surface area contributed by atoms with Crippen molar-refractivity contribution >= 4 is 17.0 Å². The second kappa shape index (κ2) is 6.22. The predicted octanol–water partition coefficient (Wildman–Crippen LogP) is 3.82. The third kappa shape index (κ3) is 3.17. The SMILES string of the molecule is CCNC(c1ccc(N(C)C)cc1)c1ccsc1C. The van der Waals surface area contributed by atoms with Gasteiger partial charge in [0, 0.05) is 24.7 Å². The average Bonchev–Trinajstić information content (AvgIpc) is 2.82. The van der Waals surface area contributed by atoms with Crippen LogP contribution in [-0.4, -0.2) is 20.6 Å². The van der Waals surface area contributed by atoms with Crippen LogP contribution < -0.4 is 10.2 Å². The van der Waals surface area contributed by atoms with Crippen LogP contribution in [0.4, 0.5) is 5.69 Å². The van der Waals surface area contributed by atoms with Gasteiger partial charge >= 0.3 is 0 Å². The van der Waals surface area contributed by atoms with Gasteiger partial charge in [0.1, 0.15) is 0 Å². The second-order valence-electron chi connectivity index (χ2n) is 4.91. The Balaban J connectivity index is 2.31. The highest BCUT2D eigenvalue weighted by atomic mass is 32.1. The van der Waals surface area contributed by atoms with Crippen LogP contribution >= 0.6 is 11.3 Å². The summed E-state index contributed by atoms with van der Waals surface area (Å²) >= 11 is 1.81. The van der Waals surface area contributed by atoms with Crippen molar-refractivity contribution in [2.75, 3.05) is 25.5 Å². The zero-order chi connectivity index (χ0) is 13.8. The van der Waals surface area contributed by atoms with Crippen LogP contribution in [0.1, 0.15) is 29.0 Å². The van der Waals surface area contributed by atoms with E-state index in [0.29, 0.717) is 6.04 Å². The molecule has 1 N–H and O–H groups in total. The monoisotopic (exact) mass is 274 g/mol. The van der Waals surface area contributed by atoms with Crippen molar-refractivity contribution in [3.8, 4) is 0 Å². The van der Waals surface area contributed by atoms with Crippen molar-refractivity contribution in [1.82, 2.24) is 5.32 Å². The molecule has 2 rings (SSSR count).